The smallest absolute Gasteiger partial charge is 0.248 e. The van der Waals surface area contributed by atoms with Gasteiger partial charge in [-0.2, -0.15) is 5.26 Å². The molecule has 3 aliphatic rings. The number of nitriles is 1. The lowest BCUT2D eigenvalue weighted by Gasteiger charge is -2.35. The van der Waals surface area contributed by atoms with Crippen LogP contribution in [0.15, 0.2) is 47.0 Å². The van der Waals surface area contributed by atoms with E-state index < -0.39 is 11.3 Å². The van der Waals surface area contributed by atoms with Gasteiger partial charge in [0.05, 0.1) is 6.54 Å². The van der Waals surface area contributed by atoms with Gasteiger partial charge >= 0.3 is 0 Å². The zero-order chi connectivity index (χ0) is 18.5. The highest BCUT2D eigenvalue weighted by Gasteiger charge is 2.62. The third kappa shape index (κ3) is 1.76. The highest BCUT2D eigenvalue weighted by atomic mass is 16.5. The number of fused-ring (bicyclic) bond motifs is 3. The number of benzene rings is 1. The largest absolute Gasteiger partial charge is 0.440 e. The fourth-order valence-corrected chi connectivity index (χ4v) is 4.19. The van der Waals surface area contributed by atoms with Gasteiger partial charge in [0.25, 0.3) is 0 Å². The number of ketones is 1. The molecule has 1 spiro atoms. The van der Waals surface area contributed by atoms with Gasteiger partial charge in [-0.05, 0) is 18.9 Å². The minimum absolute atomic E-state index is 0.0360. The molecule has 2 aliphatic heterocycles. The summed E-state index contributed by atoms with van der Waals surface area (Å²) in [6.45, 7) is 0.0360. The second kappa shape index (κ2) is 5.50. The van der Waals surface area contributed by atoms with E-state index in [-0.39, 0.29) is 23.8 Å². The molecule has 26 heavy (non-hydrogen) atoms. The molecule has 0 bridgehead atoms. The molecule has 6 nitrogen and oxygen atoms in total. The topological polar surface area (TPSA) is 96.4 Å². The molecule has 0 aromatic heterocycles. The van der Waals surface area contributed by atoms with Crippen molar-refractivity contribution in [2.24, 2.45) is 5.73 Å². The number of carbonyl (C=O) groups excluding carboxylic acids is 2. The third-order valence-electron chi connectivity index (χ3n) is 5.15. The van der Waals surface area contributed by atoms with Crippen LogP contribution in [0.3, 0.4) is 0 Å². The molecule has 4 rings (SSSR count). The normalized spacial score (nSPS) is 24.2. The van der Waals surface area contributed by atoms with Crippen molar-refractivity contribution in [3.05, 3.63) is 52.6 Å². The van der Waals surface area contributed by atoms with Gasteiger partial charge in [-0.25, -0.2) is 0 Å². The Bertz CT molecular complexity index is 1010. The van der Waals surface area contributed by atoms with Crippen molar-refractivity contribution >= 4 is 11.7 Å². The number of rotatable bonds is 1. The van der Waals surface area contributed by atoms with E-state index in [1.807, 2.05) is 6.07 Å². The van der Waals surface area contributed by atoms with Gasteiger partial charge in [-0.3, -0.25) is 9.59 Å². The molecule has 2 heterocycles. The van der Waals surface area contributed by atoms with Crippen LogP contribution in [0.25, 0.3) is 0 Å². The van der Waals surface area contributed by atoms with Crippen LogP contribution >= 0.6 is 0 Å². The number of amides is 1. The standard InChI is InChI=1S/C20H15N3O3/c1-2-10-23-14-7-5-8-15(24)17(14)20(19(23)25)12-6-3-4-9-16(12)26-18(22)13(20)11-21/h1,3-4,6,9H,5,7-8,10,22H2/t20-/m1/s1. The average molecular weight is 345 g/mol. The molecule has 0 fully saturated rings. The summed E-state index contributed by atoms with van der Waals surface area (Å²) in [5, 5.41) is 9.81. The van der Waals surface area contributed by atoms with Gasteiger partial charge in [0.1, 0.15) is 22.8 Å². The predicted octanol–water partition coefficient (Wildman–Crippen LogP) is 1.49. The maximum Gasteiger partial charge on any atom is 0.248 e. The molecule has 2 N–H and O–H groups in total. The van der Waals surface area contributed by atoms with E-state index in [0.717, 1.165) is 0 Å². The van der Waals surface area contributed by atoms with Crippen LogP contribution in [0.4, 0.5) is 0 Å². The quantitative estimate of drug-likeness (QED) is 0.778. The van der Waals surface area contributed by atoms with Gasteiger partial charge in [0.15, 0.2) is 5.78 Å². The fraction of sp³-hybridized carbons (Fsp3) is 0.250. The number of hydrogen-bond acceptors (Lipinski definition) is 5. The zero-order valence-corrected chi connectivity index (χ0v) is 13.9. The molecular formula is C20H15N3O3. The first-order valence-corrected chi connectivity index (χ1v) is 8.27. The average Bonchev–Trinajstić information content (AvgIpc) is 2.87. The van der Waals surface area contributed by atoms with Gasteiger partial charge < -0.3 is 15.4 Å². The number of allylic oxidation sites excluding steroid dienone is 1. The molecule has 0 saturated heterocycles. The Morgan fingerprint density at radius 2 is 2.08 bits per heavy atom. The van der Waals surface area contributed by atoms with Crippen LogP contribution in [-0.2, 0) is 15.0 Å². The van der Waals surface area contributed by atoms with Crippen molar-refractivity contribution in [2.45, 2.75) is 24.7 Å². The lowest BCUT2D eigenvalue weighted by molar-refractivity contribution is -0.131. The van der Waals surface area contributed by atoms with Crippen molar-refractivity contribution in [3.8, 4) is 24.2 Å². The Balaban J connectivity index is 2.13. The molecule has 1 amide bonds. The van der Waals surface area contributed by atoms with Gasteiger partial charge in [-0.1, -0.05) is 24.1 Å². The van der Waals surface area contributed by atoms with Crippen molar-refractivity contribution in [1.29, 1.82) is 5.26 Å². The Morgan fingerprint density at radius 1 is 1.31 bits per heavy atom. The van der Waals surface area contributed by atoms with Gasteiger partial charge in [-0.15, -0.1) is 6.42 Å². The molecule has 1 aromatic rings. The summed E-state index contributed by atoms with van der Waals surface area (Å²) in [6.07, 6.45) is 6.97. The minimum Gasteiger partial charge on any atom is -0.440 e. The first-order valence-electron chi connectivity index (χ1n) is 8.27. The summed E-state index contributed by atoms with van der Waals surface area (Å²) >= 11 is 0. The lowest BCUT2D eigenvalue weighted by Crippen LogP contribution is -2.46. The maximum atomic E-state index is 13.6. The number of carbonyl (C=O) groups is 2. The van der Waals surface area contributed by atoms with E-state index in [1.165, 1.54) is 4.90 Å². The summed E-state index contributed by atoms with van der Waals surface area (Å²) in [4.78, 5) is 28.0. The molecule has 0 unspecified atom stereocenters. The second-order valence-corrected chi connectivity index (χ2v) is 6.39. The monoisotopic (exact) mass is 345 g/mol. The highest BCUT2D eigenvalue weighted by molar-refractivity contribution is 6.15. The number of para-hydroxylation sites is 1. The number of nitrogens with two attached hydrogens (primary N) is 1. The van der Waals surface area contributed by atoms with Crippen molar-refractivity contribution in [1.82, 2.24) is 4.90 Å². The van der Waals surface area contributed by atoms with Gasteiger partial charge in [0.2, 0.25) is 11.8 Å². The van der Waals surface area contributed by atoms with Crippen molar-refractivity contribution in [3.63, 3.8) is 0 Å². The summed E-state index contributed by atoms with van der Waals surface area (Å²) in [6, 6.07) is 8.87. The molecule has 0 radical (unpaired) electrons. The highest BCUT2D eigenvalue weighted by Crippen LogP contribution is 2.55. The van der Waals surface area contributed by atoms with E-state index >= 15 is 0 Å². The molecule has 1 aromatic carbocycles. The molecule has 1 atom stereocenters. The summed E-state index contributed by atoms with van der Waals surface area (Å²) < 4.78 is 5.57. The number of ether oxygens (including phenoxy) is 1. The SMILES string of the molecule is C#CCN1C(=O)[C@]2(C(C#N)=C(N)Oc3ccccc32)C2=C1CCCC2=O. The summed E-state index contributed by atoms with van der Waals surface area (Å²) in [5.41, 5.74) is 5.75. The fourth-order valence-electron chi connectivity index (χ4n) is 4.19. The molecule has 0 saturated carbocycles. The van der Waals surface area contributed by atoms with Crippen LogP contribution in [0.1, 0.15) is 24.8 Å². The Labute approximate surface area is 150 Å². The Hall–Kier alpha value is -3.51. The van der Waals surface area contributed by atoms with Crippen LogP contribution in [0, 0.1) is 23.7 Å². The van der Waals surface area contributed by atoms with E-state index in [1.54, 1.807) is 24.3 Å². The molecule has 1 aliphatic carbocycles. The summed E-state index contributed by atoms with van der Waals surface area (Å²) in [7, 11) is 0. The first kappa shape index (κ1) is 16.0. The van der Waals surface area contributed by atoms with Crippen LogP contribution in [-0.4, -0.2) is 23.1 Å². The van der Waals surface area contributed by atoms with E-state index in [4.69, 9.17) is 16.9 Å². The molecule has 128 valence electrons. The van der Waals surface area contributed by atoms with Crippen LogP contribution in [0.2, 0.25) is 0 Å². The number of terminal acetylenes is 1. The Morgan fingerprint density at radius 3 is 2.81 bits per heavy atom. The first-order chi connectivity index (χ1) is 12.6. The lowest BCUT2D eigenvalue weighted by atomic mass is 9.65. The van der Waals surface area contributed by atoms with E-state index in [0.29, 0.717) is 41.8 Å². The Kier molecular flexibility index (Phi) is 3.38. The van der Waals surface area contributed by atoms with Crippen molar-refractivity contribution in [2.75, 3.05) is 6.54 Å². The van der Waals surface area contributed by atoms with Crippen LogP contribution in [0.5, 0.6) is 5.75 Å². The van der Waals surface area contributed by atoms with E-state index in [9.17, 15) is 14.9 Å². The predicted molar refractivity (Wildman–Crippen MR) is 92.0 cm³/mol. The third-order valence-corrected chi connectivity index (χ3v) is 5.15. The van der Waals surface area contributed by atoms with Crippen LogP contribution < -0.4 is 10.5 Å². The second-order valence-electron chi connectivity index (χ2n) is 6.39. The number of hydrogen-bond donors (Lipinski definition) is 1. The molecular weight excluding hydrogens is 330 g/mol. The maximum absolute atomic E-state index is 13.6. The van der Waals surface area contributed by atoms with Gasteiger partial charge in [0, 0.05) is 23.3 Å². The summed E-state index contributed by atoms with van der Waals surface area (Å²) in [5.74, 6) is 2.11. The van der Waals surface area contributed by atoms with E-state index in [2.05, 4.69) is 5.92 Å². The van der Waals surface area contributed by atoms with Crippen molar-refractivity contribution < 1.29 is 14.3 Å². The minimum atomic E-state index is -1.57. The molecule has 6 heteroatoms. The zero-order valence-electron chi connectivity index (χ0n) is 13.9. The number of Topliss-reactive ketones (excluding diaryl/α,β-unsaturated/α-hetero) is 1. The number of nitrogens with zero attached hydrogens (tertiary/aromatic N) is 2.